The third-order valence-electron chi connectivity index (χ3n) is 2.73. The number of nitrogens with zero attached hydrogens (tertiary/aromatic N) is 1. The highest BCUT2D eigenvalue weighted by Gasteiger charge is 2.15. The van der Waals surface area contributed by atoms with Gasteiger partial charge < -0.3 is 20.1 Å². The Balaban J connectivity index is 2.02. The van der Waals surface area contributed by atoms with Crippen LogP contribution in [0.5, 0.6) is 0 Å². The Bertz CT molecular complexity index is 238. The molecule has 1 unspecified atom stereocenters. The van der Waals surface area contributed by atoms with E-state index in [2.05, 4.69) is 29.5 Å². The molecule has 1 aliphatic rings. The molecule has 0 amide bonds. The van der Waals surface area contributed by atoms with Gasteiger partial charge in [-0.05, 0) is 18.8 Å². The van der Waals surface area contributed by atoms with E-state index in [0.717, 1.165) is 38.7 Å². The van der Waals surface area contributed by atoms with E-state index in [0.29, 0.717) is 18.6 Å². The highest BCUT2D eigenvalue weighted by atomic mass is 16.5. The highest BCUT2D eigenvalue weighted by molar-refractivity contribution is 5.79. The molecule has 5 heteroatoms. The summed E-state index contributed by atoms with van der Waals surface area (Å²) in [6, 6.07) is 0. The van der Waals surface area contributed by atoms with E-state index in [1.54, 1.807) is 7.05 Å². The summed E-state index contributed by atoms with van der Waals surface area (Å²) < 4.78 is 11.0. The van der Waals surface area contributed by atoms with Gasteiger partial charge in [0.1, 0.15) is 0 Å². The monoisotopic (exact) mass is 257 g/mol. The molecule has 0 aromatic carbocycles. The van der Waals surface area contributed by atoms with Crippen molar-refractivity contribution in [1.29, 1.82) is 0 Å². The molecule has 1 rings (SSSR count). The zero-order chi connectivity index (χ0) is 13.2. The summed E-state index contributed by atoms with van der Waals surface area (Å²) >= 11 is 0. The second-order valence-electron chi connectivity index (χ2n) is 4.98. The van der Waals surface area contributed by atoms with Crippen LogP contribution in [-0.2, 0) is 9.47 Å². The molecular formula is C13H27N3O2. The quantitative estimate of drug-likeness (QED) is 0.406. The van der Waals surface area contributed by atoms with Gasteiger partial charge in [-0.1, -0.05) is 13.8 Å². The van der Waals surface area contributed by atoms with Crippen LogP contribution >= 0.6 is 0 Å². The van der Waals surface area contributed by atoms with Crippen LogP contribution in [0.2, 0.25) is 0 Å². The van der Waals surface area contributed by atoms with Gasteiger partial charge in [0.25, 0.3) is 0 Å². The summed E-state index contributed by atoms with van der Waals surface area (Å²) in [5, 5.41) is 6.49. The zero-order valence-electron chi connectivity index (χ0n) is 11.9. The molecule has 1 atom stereocenters. The molecule has 18 heavy (non-hydrogen) atoms. The lowest BCUT2D eigenvalue weighted by atomic mass is 10.2. The van der Waals surface area contributed by atoms with E-state index in [9.17, 15) is 0 Å². The maximum Gasteiger partial charge on any atom is 0.191 e. The van der Waals surface area contributed by atoms with Crippen molar-refractivity contribution in [1.82, 2.24) is 10.6 Å². The Kier molecular flexibility index (Phi) is 7.76. The number of rotatable bonds is 7. The van der Waals surface area contributed by atoms with Gasteiger partial charge in [-0.3, -0.25) is 4.99 Å². The topological polar surface area (TPSA) is 54.9 Å². The number of ether oxygens (including phenoxy) is 2. The average Bonchev–Trinajstić information content (AvgIpc) is 2.85. The maximum atomic E-state index is 5.55. The van der Waals surface area contributed by atoms with Crippen LogP contribution in [0.1, 0.15) is 26.7 Å². The third kappa shape index (κ3) is 6.81. The first-order valence-corrected chi connectivity index (χ1v) is 6.86. The number of hydrogen-bond acceptors (Lipinski definition) is 3. The molecule has 0 saturated carbocycles. The highest BCUT2D eigenvalue weighted by Crippen LogP contribution is 2.10. The standard InChI is InChI=1S/C13H27N3O2/c1-11(2)10-17-8-6-15-13(14-3)16-9-12-5-4-7-18-12/h11-12H,4-10H2,1-3H3,(H2,14,15,16). The average molecular weight is 257 g/mol. The predicted molar refractivity (Wildman–Crippen MR) is 74.0 cm³/mol. The van der Waals surface area contributed by atoms with Gasteiger partial charge in [-0.25, -0.2) is 0 Å². The molecule has 0 aliphatic carbocycles. The maximum absolute atomic E-state index is 5.55. The van der Waals surface area contributed by atoms with E-state index in [1.165, 1.54) is 6.42 Å². The van der Waals surface area contributed by atoms with E-state index in [4.69, 9.17) is 9.47 Å². The Labute approximate surface area is 110 Å². The molecule has 1 saturated heterocycles. The van der Waals surface area contributed by atoms with E-state index in [-0.39, 0.29) is 0 Å². The summed E-state index contributed by atoms with van der Waals surface area (Å²) in [6.45, 7) is 8.30. The first-order chi connectivity index (χ1) is 8.72. The molecule has 0 spiro atoms. The summed E-state index contributed by atoms with van der Waals surface area (Å²) in [5.41, 5.74) is 0. The van der Waals surface area contributed by atoms with Gasteiger partial charge >= 0.3 is 0 Å². The first kappa shape index (κ1) is 15.2. The molecule has 2 N–H and O–H groups in total. The van der Waals surface area contributed by atoms with Gasteiger partial charge in [-0.15, -0.1) is 0 Å². The molecule has 1 heterocycles. The summed E-state index contributed by atoms with van der Waals surface area (Å²) in [7, 11) is 1.78. The fraction of sp³-hybridized carbons (Fsp3) is 0.923. The van der Waals surface area contributed by atoms with Crippen molar-refractivity contribution in [3.05, 3.63) is 0 Å². The van der Waals surface area contributed by atoms with E-state index >= 15 is 0 Å². The van der Waals surface area contributed by atoms with Crippen LogP contribution in [0.4, 0.5) is 0 Å². The van der Waals surface area contributed by atoms with Crippen molar-refractivity contribution in [2.24, 2.45) is 10.9 Å². The van der Waals surface area contributed by atoms with Crippen LogP contribution in [0, 0.1) is 5.92 Å². The van der Waals surface area contributed by atoms with Crippen molar-refractivity contribution < 1.29 is 9.47 Å². The van der Waals surface area contributed by atoms with Crippen molar-refractivity contribution in [2.75, 3.05) is 40.0 Å². The molecule has 0 aromatic rings. The zero-order valence-corrected chi connectivity index (χ0v) is 11.9. The SMILES string of the molecule is CN=C(NCCOCC(C)C)NCC1CCCO1. The molecule has 0 radical (unpaired) electrons. The Hall–Kier alpha value is -0.810. The molecule has 1 aliphatic heterocycles. The number of aliphatic imine (C=N–C) groups is 1. The molecule has 0 aromatic heterocycles. The Morgan fingerprint density at radius 3 is 2.89 bits per heavy atom. The lowest BCUT2D eigenvalue weighted by molar-refractivity contribution is 0.112. The lowest BCUT2D eigenvalue weighted by Gasteiger charge is -2.15. The summed E-state index contributed by atoms with van der Waals surface area (Å²) in [5.74, 6) is 1.40. The second kappa shape index (κ2) is 9.16. The number of nitrogens with one attached hydrogen (secondary N) is 2. The van der Waals surface area contributed by atoms with Crippen LogP contribution < -0.4 is 10.6 Å². The first-order valence-electron chi connectivity index (χ1n) is 6.86. The Morgan fingerprint density at radius 2 is 2.28 bits per heavy atom. The fourth-order valence-corrected chi connectivity index (χ4v) is 1.80. The van der Waals surface area contributed by atoms with Crippen LogP contribution in [0.15, 0.2) is 4.99 Å². The summed E-state index contributed by atoms with van der Waals surface area (Å²) in [4.78, 5) is 4.17. The largest absolute Gasteiger partial charge is 0.379 e. The lowest BCUT2D eigenvalue weighted by Crippen LogP contribution is -2.42. The molecular weight excluding hydrogens is 230 g/mol. The van der Waals surface area contributed by atoms with Gasteiger partial charge in [0.05, 0.1) is 12.7 Å². The van der Waals surface area contributed by atoms with Crippen molar-refractivity contribution in [2.45, 2.75) is 32.8 Å². The van der Waals surface area contributed by atoms with Crippen LogP contribution in [0.25, 0.3) is 0 Å². The van der Waals surface area contributed by atoms with Gasteiger partial charge in [0.15, 0.2) is 5.96 Å². The third-order valence-corrected chi connectivity index (χ3v) is 2.73. The normalized spacial score (nSPS) is 20.4. The minimum Gasteiger partial charge on any atom is -0.379 e. The van der Waals surface area contributed by atoms with Gasteiger partial charge in [0, 0.05) is 33.4 Å². The molecule has 0 bridgehead atoms. The Morgan fingerprint density at radius 1 is 1.44 bits per heavy atom. The van der Waals surface area contributed by atoms with Crippen LogP contribution in [-0.4, -0.2) is 52.0 Å². The van der Waals surface area contributed by atoms with Crippen molar-refractivity contribution in [3.8, 4) is 0 Å². The number of guanidine groups is 1. The predicted octanol–water partition coefficient (Wildman–Crippen LogP) is 1.00. The summed E-state index contributed by atoms with van der Waals surface area (Å²) in [6.07, 6.45) is 2.64. The molecule has 106 valence electrons. The molecule has 1 fully saturated rings. The van der Waals surface area contributed by atoms with E-state index < -0.39 is 0 Å². The second-order valence-corrected chi connectivity index (χ2v) is 4.98. The minimum absolute atomic E-state index is 0.334. The smallest absolute Gasteiger partial charge is 0.191 e. The van der Waals surface area contributed by atoms with Crippen LogP contribution in [0.3, 0.4) is 0 Å². The van der Waals surface area contributed by atoms with Gasteiger partial charge in [-0.2, -0.15) is 0 Å². The van der Waals surface area contributed by atoms with Gasteiger partial charge in [0.2, 0.25) is 0 Å². The minimum atomic E-state index is 0.334. The van der Waals surface area contributed by atoms with Crippen molar-refractivity contribution in [3.63, 3.8) is 0 Å². The number of hydrogen-bond donors (Lipinski definition) is 2. The van der Waals surface area contributed by atoms with Crippen molar-refractivity contribution >= 4 is 5.96 Å². The molecule has 5 nitrogen and oxygen atoms in total. The van der Waals surface area contributed by atoms with E-state index in [1.807, 2.05) is 0 Å². The fourth-order valence-electron chi connectivity index (χ4n) is 1.80.